The van der Waals surface area contributed by atoms with Crippen LogP contribution in [0.25, 0.3) is 23.1 Å². The van der Waals surface area contributed by atoms with Gasteiger partial charge in [-0.3, -0.25) is 4.98 Å². The molecule has 0 fully saturated rings. The maximum atomic E-state index is 4.02. The van der Waals surface area contributed by atoms with Crippen LogP contribution in [0.2, 0.25) is 0 Å². The van der Waals surface area contributed by atoms with Crippen LogP contribution in [0.1, 0.15) is 11.1 Å². The normalized spacial score (nSPS) is 10.7. The first-order valence-electron chi connectivity index (χ1n) is 6.30. The Morgan fingerprint density at radius 3 is 2.50 bits per heavy atom. The second-order valence-electron chi connectivity index (χ2n) is 4.51. The lowest BCUT2D eigenvalue weighted by Gasteiger charge is -2.00. The van der Waals surface area contributed by atoms with Gasteiger partial charge in [0.25, 0.3) is 0 Å². The number of para-hydroxylation sites is 1. The lowest BCUT2D eigenvalue weighted by atomic mass is 10.1. The molecule has 0 unspecified atom stereocenters. The van der Waals surface area contributed by atoms with Crippen molar-refractivity contribution >= 4 is 23.1 Å². The Kier molecular flexibility index (Phi) is 4.84. The number of nitrogens with zero attached hydrogens (tertiary/aromatic N) is 2. The standard InChI is InChI=1S/C17H15N2.HI/c1-19-13-10-15(16-4-2-3-5-17(16)19)7-6-14-8-11-18-12-9-14;/h2-13H,1H3;1H/q+1;/p-1/b7-6+;. The molecule has 2 aromatic heterocycles. The summed E-state index contributed by atoms with van der Waals surface area (Å²) in [6, 6.07) is 14.6. The SMILES string of the molecule is C[n+]1ccc(/C=C/c2ccncc2)c2ccccc21.[I-]. The lowest BCUT2D eigenvalue weighted by molar-refractivity contribution is -0.644. The van der Waals surface area contributed by atoms with Gasteiger partial charge in [-0.15, -0.1) is 0 Å². The Balaban J connectivity index is 0.00000147. The van der Waals surface area contributed by atoms with Crippen LogP contribution in [0, 0.1) is 0 Å². The largest absolute Gasteiger partial charge is 1.00 e. The summed E-state index contributed by atoms with van der Waals surface area (Å²) in [7, 11) is 2.07. The van der Waals surface area contributed by atoms with E-state index in [0.29, 0.717) is 0 Å². The van der Waals surface area contributed by atoms with Gasteiger partial charge >= 0.3 is 0 Å². The number of aryl methyl sites for hydroxylation is 1. The van der Waals surface area contributed by atoms with Crippen molar-refractivity contribution in [2.24, 2.45) is 7.05 Å². The van der Waals surface area contributed by atoms with Crippen LogP contribution in [0.4, 0.5) is 0 Å². The molecule has 2 nitrogen and oxygen atoms in total. The molecule has 0 saturated heterocycles. The topological polar surface area (TPSA) is 16.8 Å². The Labute approximate surface area is 135 Å². The van der Waals surface area contributed by atoms with Gasteiger partial charge in [0, 0.05) is 24.5 Å². The van der Waals surface area contributed by atoms with E-state index >= 15 is 0 Å². The van der Waals surface area contributed by atoms with Crippen LogP contribution in [0.5, 0.6) is 0 Å². The molecular weight excluding hydrogens is 359 g/mol. The minimum atomic E-state index is 0. The van der Waals surface area contributed by atoms with Gasteiger partial charge < -0.3 is 24.0 Å². The highest BCUT2D eigenvalue weighted by atomic mass is 127. The molecule has 0 saturated carbocycles. The highest BCUT2D eigenvalue weighted by Crippen LogP contribution is 2.17. The van der Waals surface area contributed by atoms with Gasteiger partial charge in [0.1, 0.15) is 7.05 Å². The second-order valence-corrected chi connectivity index (χ2v) is 4.51. The van der Waals surface area contributed by atoms with E-state index in [1.54, 1.807) is 0 Å². The van der Waals surface area contributed by atoms with Crippen molar-refractivity contribution in [3.63, 3.8) is 0 Å². The van der Waals surface area contributed by atoms with E-state index in [1.807, 2.05) is 24.5 Å². The fourth-order valence-electron chi connectivity index (χ4n) is 2.19. The van der Waals surface area contributed by atoms with Gasteiger partial charge in [-0.05, 0) is 29.3 Å². The van der Waals surface area contributed by atoms with Crippen LogP contribution in [-0.4, -0.2) is 4.98 Å². The molecule has 0 radical (unpaired) electrons. The molecule has 1 aromatic carbocycles. The molecule has 0 aliphatic heterocycles. The number of halogens is 1. The smallest absolute Gasteiger partial charge is 0.212 e. The average molecular weight is 374 g/mol. The minimum absolute atomic E-state index is 0. The van der Waals surface area contributed by atoms with Crippen molar-refractivity contribution in [3.05, 3.63) is 72.2 Å². The molecule has 0 N–H and O–H groups in total. The monoisotopic (exact) mass is 374 g/mol. The minimum Gasteiger partial charge on any atom is -1.00 e. The number of pyridine rings is 2. The fraction of sp³-hybridized carbons (Fsp3) is 0.0588. The Hall–Kier alpha value is -1.75. The maximum absolute atomic E-state index is 4.02. The number of benzene rings is 1. The van der Waals surface area contributed by atoms with E-state index < -0.39 is 0 Å². The zero-order valence-electron chi connectivity index (χ0n) is 11.2. The van der Waals surface area contributed by atoms with Crippen molar-refractivity contribution in [1.29, 1.82) is 0 Å². The van der Waals surface area contributed by atoms with Gasteiger partial charge in [0.05, 0.1) is 5.39 Å². The Morgan fingerprint density at radius 2 is 1.70 bits per heavy atom. The van der Waals surface area contributed by atoms with Crippen molar-refractivity contribution in [2.45, 2.75) is 0 Å². The van der Waals surface area contributed by atoms with Crippen molar-refractivity contribution < 1.29 is 28.5 Å². The number of rotatable bonds is 2. The maximum Gasteiger partial charge on any atom is 0.212 e. The number of aromatic nitrogens is 2. The first-order valence-corrected chi connectivity index (χ1v) is 6.30. The first-order chi connectivity index (χ1) is 9.34. The Bertz CT molecular complexity index is 736. The summed E-state index contributed by atoms with van der Waals surface area (Å²) in [5.74, 6) is 0. The van der Waals surface area contributed by atoms with E-state index in [4.69, 9.17) is 0 Å². The predicted octanol–water partition coefficient (Wildman–Crippen LogP) is 0.234. The van der Waals surface area contributed by atoms with Crippen molar-refractivity contribution in [3.8, 4) is 0 Å². The van der Waals surface area contributed by atoms with E-state index in [0.717, 1.165) is 5.56 Å². The van der Waals surface area contributed by atoms with Gasteiger partial charge in [0.15, 0.2) is 6.20 Å². The van der Waals surface area contributed by atoms with E-state index in [-0.39, 0.29) is 24.0 Å². The third-order valence-electron chi connectivity index (χ3n) is 3.23. The van der Waals surface area contributed by atoms with Crippen LogP contribution in [0.3, 0.4) is 0 Å². The third kappa shape index (κ3) is 3.04. The molecule has 3 rings (SSSR count). The van der Waals surface area contributed by atoms with Crippen LogP contribution in [-0.2, 0) is 7.05 Å². The summed E-state index contributed by atoms with van der Waals surface area (Å²) in [5.41, 5.74) is 3.62. The van der Waals surface area contributed by atoms with Crippen molar-refractivity contribution in [2.75, 3.05) is 0 Å². The van der Waals surface area contributed by atoms with Gasteiger partial charge in [0.2, 0.25) is 5.52 Å². The van der Waals surface area contributed by atoms with Crippen molar-refractivity contribution in [1.82, 2.24) is 4.98 Å². The molecular formula is C17H15IN2. The summed E-state index contributed by atoms with van der Waals surface area (Å²) in [4.78, 5) is 4.02. The van der Waals surface area contributed by atoms with Crippen LogP contribution < -0.4 is 28.5 Å². The molecule has 20 heavy (non-hydrogen) atoms. The van der Waals surface area contributed by atoms with Crippen LogP contribution in [0.15, 0.2) is 61.1 Å². The summed E-state index contributed by atoms with van der Waals surface area (Å²) < 4.78 is 2.14. The van der Waals surface area contributed by atoms with Crippen LogP contribution >= 0.6 is 0 Å². The highest BCUT2D eigenvalue weighted by Gasteiger charge is 2.06. The second kappa shape index (κ2) is 6.61. The Morgan fingerprint density at radius 1 is 0.950 bits per heavy atom. The lowest BCUT2D eigenvalue weighted by Crippen LogP contribution is -3.00. The number of hydrogen-bond acceptors (Lipinski definition) is 1. The molecule has 2 heterocycles. The molecule has 0 bridgehead atoms. The van der Waals surface area contributed by atoms with E-state index in [9.17, 15) is 0 Å². The molecule has 0 aliphatic carbocycles. The molecule has 0 spiro atoms. The number of fused-ring (bicyclic) bond motifs is 1. The quantitative estimate of drug-likeness (QED) is 0.464. The van der Waals surface area contributed by atoms with E-state index in [2.05, 4.69) is 65.3 Å². The molecule has 3 heteroatoms. The average Bonchev–Trinajstić information content (AvgIpc) is 2.48. The summed E-state index contributed by atoms with van der Waals surface area (Å²) >= 11 is 0. The predicted molar refractivity (Wildman–Crippen MR) is 78.3 cm³/mol. The summed E-state index contributed by atoms with van der Waals surface area (Å²) in [6.45, 7) is 0. The third-order valence-corrected chi connectivity index (χ3v) is 3.23. The summed E-state index contributed by atoms with van der Waals surface area (Å²) in [5, 5.41) is 1.26. The zero-order chi connectivity index (χ0) is 13.1. The van der Waals surface area contributed by atoms with E-state index in [1.165, 1.54) is 16.5 Å². The fourth-order valence-corrected chi connectivity index (χ4v) is 2.19. The molecule has 0 aliphatic rings. The zero-order valence-corrected chi connectivity index (χ0v) is 13.4. The van der Waals surface area contributed by atoms with Gasteiger partial charge in [-0.25, -0.2) is 4.57 Å². The first kappa shape index (κ1) is 14.7. The molecule has 100 valence electrons. The van der Waals surface area contributed by atoms with Gasteiger partial charge in [-0.1, -0.05) is 24.3 Å². The molecule has 0 atom stereocenters. The molecule has 0 amide bonds. The summed E-state index contributed by atoms with van der Waals surface area (Å²) in [6.07, 6.45) is 9.97. The van der Waals surface area contributed by atoms with Gasteiger partial charge in [-0.2, -0.15) is 0 Å². The highest BCUT2D eigenvalue weighted by molar-refractivity contribution is 5.88. The number of hydrogen-bond donors (Lipinski definition) is 0. The molecule has 3 aromatic rings.